The van der Waals surface area contributed by atoms with Gasteiger partial charge in [0, 0.05) is 16.7 Å². The highest BCUT2D eigenvalue weighted by atomic mass is 35.5. The minimum absolute atomic E-state index is 0.0460. The first-order valence-corrected chi connectivity index (χ1v) is 8.38. The highest BCUT2D eigenvalue weighted by Crippen LogP contribution is 2.22. The van der Waals surface area contributed by atoms with E-state index in [0.717, 1.165) is 11.1 Å². The Balaban J connectivity index is 1.54. The van der Waals surface area contributed by atoms with Crippen LogP contribution in [-0.2, 0) is 11.2 Å². The summed E-state index contributed by atoms with van der Waals surface area (Å²) in [5.74, 6) is 0.174. The molecule has 0 bridgehead atoms. The fraction of sp³-hybridized carbons (Fsp3) is 0.105. The van der Waals surface area contributed by atoms with Gasteiger partial charge in [0.25, 0.3) is 5.91 Å². The molecule has 3 aromatic rings. The Labute approximate surface area is 160 Å². The van der Waals surface area contributed by atoms with Crippen molar-refractivity contribution in [3.05, 3.63) is 70.9 Å². The molecule has 0 unspecified atom stereocenters. The van der Waals surface area contributed by atoms with Crippen LogP contribution < -0.4 is 15.6 Å². The summed E-state index contributed by atoms with van der Waals surface area (Å²) in [6.45, 7) is 0. The molecule has 0 atom stereocenters. The fourth-order valence-corrected chi connectivity index (χ4v) is 2.42. The molecule has 1 heterocycles. The molecular weight excluding hydrogens is 370 g/mol. The number of nitrogens with one attached hydrogen (secondary N) is 2. The smallest absolute Gasteiger partial charge is 0.291 e. The molecule has 0 fully saturated rings. The normalized spacial score (nSPS) is 10.3. The van der Waals surface area contributed by atoms with Gasteiger partial charge in [0.2, 0.25) is 5.91 Å². The number of carbonyl (C=O) groups is 2. The van der Waals surface area contributed by atoms with E-state index in [2.05, 4.69) is 16.0 Å². The number of aromatic nitrogens is 1. The summed E-state index contributed by atoms with van der Waals surface area (Å²) >= 11 is 5.84. The number of benzene rings is 2. The molecular formula is C19H16ClN3O4. The number of methoxy groups -OCH3 is 1. The third-order valence-electron chi connectivity index (χ3n) is 3.71. The summed E-state index contributed by atoms with van der Waals surface area (Å²) in [6, 6.07) is 15.5. The van der Waals surface area contributed by atoms with Gasteiger partial charge in [-0.3, -0.25) is 20.4 Å². The second-order valence-electron chi connectivity index (χ2n) is 5.61. The first kappa shape index (κ1) is 18.5. The maximum atomic E-state index is 12.1. The molecule has 27 heavy (non-hydrogen) atoms. The maximum absolute atomic E-state index is 12.1. The van der Waals surface area contributed by atoms with Crippen molar-refractivity contribution in [2.24, 2.45) is 0 Å². The van der Waals surface area contributed by atoms with Crippen molar-refractivity contribution in [2.45, 2.75) is 6.42 Å². The van der Waals surface area contributed by atoms with Crippen LogP contribution >= 0.6 is 11.6 Å². The summed E-state index contributed by atoms with van der Waals surface area (Å²) in [7, 11) is 1.57. The Morgan fingerprint density at radius 1 is 1.07 bits per heavy atom. The second kappa shape index (κ2) is 8.37. The fourth-order valence-electron chi connectivity index (χ4n) is 2.30. The van der Waals surface area contributed by atoms with Gasteiger partial charge in [0.05, 0.1) is 13.5 Å². The van der Waals surface area contributed by atoms with Crippen molar-refractivity contribution in [1.29, 1.82) is 0 Å². The molecule has 0 aliphatic rings. The van der Waals surface area contributed by atoms with Gasteiger partial charge in [-0.2, -0.15) is 0 Å². The quantitative estimate of drug-likeness (QED) is 0.658. The molecule has 7 nitrogen and oxygen atoms in total. The van der Waals surface area contributed by atoms with E-state index in [1.54, 1.807) is 55.6 Å². The molecule has 0 saturated carbocycles. The topological polar surface area (TPSA) is 93.5 Å². The van der Waals surface area contributed by atoms with Crippen LogP contribution in [0.3, 0.4) is 0 Å². The predicted molar refractivity (Wildman–Crippen MR) is 99.3 cm³/mol. The Morgan fingerprint density at radius 3 is 2.44 bits per heavy atom. The number of carbonyl (C=O) groups excluding carboxylic acids is 2. The van der Waals surface area contributed by atoms with Crippen LogP contribution in [0.1, 0.15) is 16.1 Å². The van der Waals surface area contributed by atoms with Crippen LogP contribution in [0.2, 0.25) is 5.02 Å². The molecule has 0 aliphatic heterocycles. The number of ether oxygens (including phenoxy) is 1. The molecule has 3 rings (SSSR count). The molecule has 0 spiro atoms. The van der Waals surface area contributed by atoms with Gasteiger partial charge in [-0.1, -0.05) is 28.9 Å². The lowest BCUT2D eigenvalue weighted by Gasteiger charge is -2.06. The zero-order valence-electron chi connectivity index (χ0n) is 14.4. The Morgan fingerprint density at radius 2 is 1.78 bits per heavy atom. The van der Waals surface area contributed by atoms with Crippen LogP contribution in [0.5, 0.6) is 5.75 Å². The number of rotatable bonds is 5. The van der Waals surface area contributed by atoms with E-state index in [-0.39, 0.29) is 18.0 Å². The molecule has 0 radical (unpaired) electrons. The lowest BCUT2D eigenvalue weighted by molar-refractivity contribution is -0.121. The van der Waals surface area contributed by atoms with E-state index in [0.29, 0.717) is 16.5 Å². The SMILES string of the molecule is COc1ccc(CC(=O)NNC(=O)c2cc(-c3ccc(Cl)cc3)on2)cc1. The number of hydrogen-bond acceptors (Lipinski definition) is 5. The van der Waals surface area contributed by atoms with Crippen LogP contribution in [0.25, 0.3) is 11.3 Å². The molecule has 0 saturated heterocycles. The predicted octanol–water partition coefficient (Wildman–Crippen LogP) is 3.01. The zero-order chi connectivity index (χ0) is 19.2. The Bertz CT molecular complexity index is 936. The van der Waals surface area contributed by atoms with Crippen molar-refractivity contribution in [3.63, 3.8) is 0 Å². The zero-order valence-corrected chi connectivity index (χ0v) is 15.1. The third kappa shape index (κ3) is 4.86. The third-order valence-corrected chi connectivity index (χ3v) is 3.96. The van der Waals surface area contributed by atoms with Gasteiger partial charge >= 0.3 is 0 Å². The molecule has 2 amide bonds. The molecule has 2 N–H and O–H groups in total. The first-order valence-electron chi connectivity index (χ1n) is 8.00. The van der Waals surface area contributed by atoms with Gasteiger partial charge in [0.1, 0.15) is 5.75 Å². The van der Waals surface area contributed by atoms with E-state index < -0.39 is 5.91 Å². The lowest BCUT2D eigenvalue weighted by atomic mass is 10.1. The minimum Gasteiger partial charge on any atom is -0.497 e. The monoisotopic (exact) mass is 385 g/mol. The number of nitrogens with zero attached hydrogens (tertiary/aromatic N) is 1. The van der Waals surface area contributed by atoms with Crippen molar-refractivity contribution < 1.29 is 18.8 Å². The number of halogens is 1. The first-order chi connectivity index (χ1) is 13.0. The Kier molecular flexibility index (Phi) is 5.73. The van der Waals surface area contributed by atoms with E-state index in [1.807, 2.05) is 0 Å². The number of amides is 2. The van der Waals surface area contributed by atoms with E-state index in [9.17, 15) is 9.59 Å². The average Bonchev–Trinajstić information content (AvgIpc) is 3.17. The number of hydrogen-bond donors (Lipinski definition) is 2. The second-order valence-corrected chi connectivity index (χ2v) is 6.05. The van der Waals surface area contributed by atoms with Crippen molar-refractivity contribution in [2.75, 3.05) is 7.11 Å². The van der Waals surface area contributed by atoms with Crippen LogP contribution in [-0.4, -0.2) is 24.1 Å². The van der Waals surface area contributed by atoms with Gasteiger partial charge in [-0.05, 0) is 42.0 Å². The summed E-state index contributed by atoms with van der Waals surface area (Å²) in [5, 5.41) is 4.30. The molecule has 1 aromatic heterocycles. The van der Waals surface area contributed by atoms with Gasteiger partial charge < -0.3 is 9.26 Å². The highest BCUT2D eigenvalue weighted by Gasteiger charge is 2.14. The van der Waals surface area contributed by atoms with E-state index in [4.69, 9.17) is 20.9 Å². The molecule has 0 aliphatic carbocycles. The lowest BCUT2D eigenvalue weighted by Crippen LogP contribution is -2.42. The maximum Gasteiger partial charge on any atom is 0.291 e. The summed E-state index contributed by atoms with van der Waals surface area (Å²) in [4.78, 5) is 24.0. The van der Waals surface area contributed by atoms with Gasteiger partial charge in [-0.25, -0.2) is 0 Å². The summed E-state index contributed by atoms with van der Waals surface area (Å²) in [5.41, 5.74) is 6.22. The van der Waals surface area contributed by atoms with Crippen molar-refractivity contribution in [1.82, 2.24) is 16.0 Å². The Hall–Kier alpha value is -3.32. The molecule has 2 aromatic carbocycles. The number of hydrazine groups is 1. The van der Waals surface area contributed by atoms with Crippen molar-refractivity contribution >= 4 is 23.4 Å². The summed E-state index contributed by atoms with van der Waals surface area (Å²) in [6.07, 6.45) is 0.110. The summed E-state index contributed by atoms with van der Waals surface area (Å²) < 4.78 is 10.2. The van der Waals surface area contributed by atoms with Gasteiger partial charge in [-0.15, -0.1) is 0 Å². The van der Waals surface area contributed by atoms with E-state index >= 15 is 0 Å². The van der Waals surface area contributed by atoms with E-state index in [1.165, 1.54) is 6.07 Å². The van der Waals surface area contributed by atoms with Crippen molar-refractivity contribution in [3.8, 4) is 17.1 Å². The molecule has 8 heteroatoms. The standard InChI is InChI=1S/C19H16ClN3O4/c1-26-15-8-2-12(3-9-15)10-18(24)21-22-19(25)16-11-17(27-23-16)13-4-6-14(20)7-5-13/h2-9,11H,10H2,1H3,(H,21,24)(H,22,25). The minimum atomic E-state index is -0.581. The molecule has 138 valence electrons. The van der Waals surface area contributed by atoms with Gasteiger partial charge in [0.15, 0.2) is 11.5 Å². The largest absolute Gasteiger partial charge is 0.497 e. The van der Waals surface area contributed by atoms with Crippen LogP contribution in [0.15, 0.2) is 59.1 Å². The average molecular weight is 386 g/mol. The highest BCUT2D eigenvalue weighted by molar-refractivity contribution is 6.30. The van der Waals surface area contributed by atoms with Crippen LogP contribution in [0.4, 0.5) is 0 Å². The van der Waals surface area contributed by atoms with Crippen LogP contribution in [0, 0.1) is 0 Å².